The number of urea groups is 1. The molecule has 0 bridgehead atoms. The van der Waals surface area contributed by atoms with E-state index in [9.17, 15) is 43.8 Å². The number of benzene rings is 1. The summed E-state index contributed by atoms with van der Waals surface area (Å²) in [6.07, 6.45) is 6.28. The van der Waals surface area contributed by atoms with E-state index >= 15 is 0 Å². The third-order valence-electron chi connectivity index (χ3n) is 8.59. The Morgan fingerprint density at radius 3 is 1.75 bits per heavy atom. The molecule has 1 aromatic carbocycles. The van der Waals surface area contributed by atoms with Crippen LogP contribution in [0, 0.1) is 0 Å². The SMILES string of the molecule is O=C(O)CC[C@H](NC(=O)N[C@@H](CCCCn1cc(CCCCCCNC(=O)c2ccc(C(=O)NCCOCCOCCOCCNC(=O)CI)cc2)nn1)C(=O)O)C(=O)O. The summed E-state index contributed by atoms with van der Waals surface area (Å²) in [5.74, 6) is -4.46. The van der Waals surface area contributed by atoms with Crippen molar-refractivity contribution in [3.8, 4) is 0 Å². The number of alkyl halides is 1. The largest absolute Gasteiger partial charge is 0.481 e. The number of aliphatic carboxylic acids is 3. The van der Waals surface area contributed by atoms with E-state index in [4.69, 9.17) is 19.3 Å². The molecule has 1 aromatic heterocycles. The fraction of sp³-hybridized carbons (Fsp3) is 0.605. The van der Waals surface area contributed by atoms with Gasteiger partial charge in [-0.05, 0) is 69.2 Å². The first-order valence-electron chi connectivity index (χ1n) is 19.7. The number of carboxylic acid groups (broad SMARTS) is 3. The summed E-state index contributed by atoms with van der Waals surface area (Å²) in [6, 6.07) is 2.66. The van der Waals surface area contributed by atoms with E-state index in [1.807, 2.05) is 28.8 Å². The number of nitrogens with one attached hydrogen (secondary N) is 5. The molecule has 8 N–H and O–H groups in total. The average molecular weight is 961 g/mol. The van der Waals surface area contributed by atoms with Crippen LogP contribution >= 0.6 is 22.6 Å². The Kier molecular flexibility index (Phi) is 26.5. The maximum atomic E-state index is 12.6. The van der Waals surface area contributed by atoms with Crippen molar-refractivity contribution in [2.75, 3.05) is 63.7 Å². The lowest BCUT2D eigenvalue weighted by Gasteiger charge is -2.18. The van der Waals surface area contributed by atoms with E-state index < -0.39 is 42.4 Å². The number of halogens is 1. The molecular formula is C38H57IN8O13. The average Bonchev–Trinajstić information content (AvgIpc) is 3.68. The Balaban J connectivity index is 1.51. The number of aromatic nitrogens is 3. The molecule has 60 heavy (non-hydrogen) atoms. The Morgan fingerprint density at radius 1 is 0.650 bits per heavy atom. The lowest BCUT2D eigenvalue weighted by atomic mass is 10.1. The first-order valence-corrected chi connectivity index (χ1v) is 21.3. The highest BCUT2D eigenvalue weighted by molar-refractivity contribution is 14.1. The summed E-state index contributed by atoms with van der Waals surface area (Å²) in [4.78, 5) is 81.9. The Bertz CT molecular complexity index is 1630. The molecule has 2 rings (SSSR count). The van der Waals surface area contributed by atoms with E-state index in [0.717, 1.165) is 37.8 Å². The molecular weight excluding hydrogens is 903 g/mol. The van der Waals surface area contributed by atoms with E-state index in [-0.39, 0.29) is 30.6 Å². The third-order valence-corrected chi connectivity index (χ3v) is 9.28. The van der Waals surface area contributed by atoms with E-state index in [1.165, 1.54) is 0 Å². The second kappa shape index (κ2) is 31.0. The molecule has 2 aromatic rings. The number of hydrogen-bond donors (Lipinski definition) is 8. The number of nitrogens with zero attached hydrogens (tertiary/aromatic N) is 3. The van der Waals surface area contributed by atoms with Crippen LogP contribution in [0.2, 0.25) is 0 Å². The maximum absolute atomic E-state index is 12.6. The number of unbranched alkanes of at least 4 members (excludes halogenated alkanes) is 4. The topological polar surface area (TPSA) is 299 Å². The molecule has 2 atom stereocenters. The van der Waals surface area contributed by atoms with Crippen LogP contribution in [0.4, 0.5) is 4.79 Å². The fourth-order valence-electron chi connectivity index (χ4n) is 5.38. The highest BCUT2D eigenvalue weighted by Gasteiger charge is 2.25. The molecule has 0 radical (unpaired) electrons. The number of hydrogen-bond acceptors (Lipinski definition) is 12. The van der Waals surface area contributed by atoms with Crippen molar-refractivity contribution in [1.29, 1.82) is 0 Å². The summed E-state index contributed by atoms with van der Waals surface area (Å²) in [6.45, 7) is 4.10. The molecule has 0 fully saturated rings. The highest BCUT2D eigenvalue weighted by Crippen LogP contribution is 2.09. The van der Waals surface area contributed by atoms with E-state index in [2.05, 4.69) is 36.9 Å². The van der Waals surface area contributed by atoms with Crippen molar-refractivity contribution in [2.24, 2.45) is 0 Å². The van der Waals surface area contributed by atoms with Gasteiger partial charge < -0.3 is 56.1 Å². The lowest BCUT2D eigenvalue weighted by Crippen LogP contribution is -2.51. The van der Waals surface area contributed by atoms with Crippen molar-refractivity contribution in [1.82, 2.24) is 41.6 Å². The number of carbonyl (C=O) groups is 7. The van der Waals surface area contributed by atoms with Gasteiger partial charge in [-0.25, -0.2) is 14.4 Å². The van der Waals surface area contributed by atoms with Gasteiger partial charge in [0.25, 0.3) is 11.8 Å². The van der Waals surface area contributed by atoms with E-state index in [1.54, 1.807) is 28.9 Å². The normalized spacial score (nSPS) is 11.9. The van der Waals surface area contributed by atoms with E-state index in [0.29, 0.717) is 94.2 Å². The molecule has 0 aliphatic rings. The summed E-state index contributed by atoms with van der Waals surface area (Å²) < 4.78 is 18.3. The first-order chi connectivity index (χ1) is 28.9. The van der Waals surface area contributed by atoms with Crippen LogP contribution in [-0.4, -0.2) is 148 Å². The van der Waals surface area contributed by atoms with Gasteiger partial charge in [-0.2, -0.15) is 0 Å². The molecule has 0 unspecified atom stereocenters. The summed E-state index contributed by atoms with van der Waals surface area (Å²) >= 11 is 1.99. The molecule has 334 valence electrons. The molecule has 0 aliphatic carbocycles. The number of aryl methyl sites for hydroxylation is 2. The minimum atomic E-state index is -1.47. The van der Waals surface area contributed by atoms with Crippen molar-refractivity contribution in [3.63, 3.8) is 0 Å². The third kappa shape index (κ3) is 23.6. The number of rotatable bonds is 34. The zero-order valence-corrected chi connectivity index (χ0v) is 35.7. The van der Waals surface area contributed by atoms with Gasteiger partial charge in [-0.1, -0.05) is 40.6 Å². The number of ether oxygens (including phenoxy) is 3. The summed E-state index contributed by atoms with van der Waals surface area (Å²) in [7, 11) is 0. The minimum Gasteiger partial charge on any atom is -0.481 e. The van der Waals surface area contributed by atoms with Crippen molar-refractivity contribution in [3.05, 3.63) is 47.3 Å². The van der Waals surface area contributed by atoms with Crippen LogP contribution in [0.3, 0.4) is 0 Å². The first kappa shape index (κ1) is 51.2. The highest BCUT2D eigenvalue weighted by atomic mass is 127. The van der Waals surface area contributed by atoms with Crippen molar-refractivity contribution < 1.29 is 63.1 Å². The Morgan fingerprint density at radius 2 is 1.18 bits per heavy atom. The number of carbonyl (C=O) groups excluding carboxylic acids is 4. The predicted molar refractivity (Wildman–Crippen MR) is 223 cm³/mol. The van der Waals surface area contributed by atoms with Gasteiger partial charge in [0.2, 0.25) is 5.91 Å². The van der Waals surface area contributed by atoms with Gasteiger partial charge in [-0.15, -0.1) is 5.10 Å². The van der Waals surface area contributed by atoms with Gasteiger partial charge in [-0.3, -0.25) is 23.9 Å². The smallest absolute Gasteiger partial charge is 0.326 e. The number of amides is 5. The lowest BCUT2D eigenvalue weighted by molar-refractivity contribution is -0.141. The monoisotopic (exact) mass is 960 g/mol. The molecule has 22 heteroatoms. The van der Waals surface area contributed by atoms with Gasteiger partial charge >= 0.3 is 23.9 Å². The van der Waals surface area contributed by atoms with Crippen molar-refractivity contribution in [2.45, 2.75) is 82.8 Å². The van der Waals surface area contributed by atoms with Crippen LogP contribution < -0.4 is 26.6 Å². The zero-order chi connectivity index (χ0) is 44.0. The maximum Gasteiger partial charge on any atom is 0.326 e. The minimum absolute atomic E-state index is 0.0252. The predicted octanol–water partition coefficient (Wildman–Crippen LogP) is 1.38. The molecule has 0 saturated heterocycles. The zero-order valence-electron chi connectivity index (χ0n) is 33.5. The van der Waals surface area contributed by atoms with Gasteiger partial charge in [0.15, 0.2) is 0 Å². The Hall–Kier alpha value is -4.94. The molecule has 5 amide bonds. The second-order valence-corrected chi connectivity index (χ2v) is 14.1. The van der Waals surface area contributed by atoms with Gasteiger partial charge in [0.05, 0.1) is 49.8 Å². The molecule has 21 nitrogen and oxygen atoms in total. The van der Waals surface area contributed by atoms with Crippen LogP contribution in [-0.2, 0) is 46.4 Å². The van der Waals surface area contributed by atoms with Crippen LogP contribution in [0.5, 0.6) is 0 Å². The standard InChI is InChI=1S/C38H57IN8O13/c39-25-32(48)40-16-19-58-21-23-60-24-22-59-20-17-42-35(52)28-11-9-27(10-12-28)34(51)41-15-5-2-1-3-7-29-26-47(46-45-29)18-6-4-8-30(36(53)54)43-38(57)44-31(37(55)56)13-14-33(49)50/h9-12,26,30-31H,1-8,13-25H2,(H,40,48)(H,41,51)(H,42,52)(H,49,50)(H,53,54)(H,55,56)(H2,43,44,57)/t30-,31-/m0/s1. The fourth-order valence-corrected chi connectivity index (χ4v) is 5.65. The number of carboxylic acids is 3. The molecule has 0 spiro atoms. The quantitative estimate of drug-likeness (QED) is 0.0279. The molecule has 0 saturated carbocycles. The molecule has 1 heterocycles. The summed E-state index contributed by atoms with van der Waals surface area (Å²) in [5.41, 5.74) is 1.70. The van der Waals surface area contributed by atoms with Gasteiger partial charge in [0.1, 0.15) is 12.1 Å². The van der Waals surface area contributed by atoms with Crippen LogP contribution in [0.25, 0.3) is 0 Å². The molecule has 0 aliphatic heterocycles. The van der Waals surface area contributed by atoms with Crippen LogP contribution in [0.1, 0.15) is 84.2 Å². The Labute approximate surface area is 361 Å². The van der Waals surface area contributed by atoms with Crippen LogP contribution in [0.15, 0.2) is 30.5 Å². The van der Waals surface area contributed by atoms with Gasteiger partial charge in [0, 0.05) is 49.9 Å². The summed E-state index contributed by atoms with van der Waals surface area (Å²) in [5, 5.41) is 48.4. The van der Waals surface area contributed by atoms with Crippen molar-refractivity contribution >= 4 is 64.3 Å². The second-order valence-electron chi connectivity index (χ2n) is 13.4.